The normalized spacial score (nSPS) is 11.3. The molecule has 124 valence electrons. The monoisotopic (exact) mass is 353 g/mol. The molecule has 0 spiro atoms. The maximum Gasteiger partial charge on any atom is 0.348 e. The molecule has 1 aromatic carbocycles. The number of anilines is 1. The van der Waals surface area contributed by atoms with E-state index in [-0.39, 0.29) is 11.5 Å². The number of nitrogens with one attached hydrogen (secondary N) is 1. The second-order valence-electron chi connectivity index (χ2n) is 5.22. The first kappa shape index (κ1) is 17.5. The van der Waals surface area contributed by atoms with Gasteiger partial charge in [-0.2, -0.15) is 0 Å². The molecule has 23 heavy (non-hydrogen) atoms. The highest BCUT2D eigenvalue weighted by molar-refractivity contribution is 7.93. The second-order valence-corrected chi connectivity index (χ2v) is 7.92. The summed E-state index contributed by atoms with van der Waals surface area (Å²) in [6, 6.07) is 6.90. The summed E-state index contributed by atoms with van der Waals surface area (Å²) in [5.74, 6) is -0.438. The van der Waals surface area contributed by atoms with E-state index in [4.69, 9.17) is 4.74 Å². The van der Waals surface area contributed by atoms with Crippen LogP contribution in [0.25, 0.3) is 0 Å². The summed E-state index contributed by atoms with van der Waals surface area (Å²) in [5, 5.41) is 0.395. The first-order valence-corrected chi connectivity index (χ1v) is 9.42. The van der Waals surface area contributed by atoms with Gasteiger partial charge in [-0.3, -0.25) is 4.72 Å². The molecule has 7 heteroatoms. The minimum absolute atomic E-state index is 0.237. The van der Waals surface area contributed by atoms with Crippen LogP contribution < -0.4 is 4.72 Å². The zero-order chi connectivity index (χ0) is 17.2. The van der Waals surface area contributed by atoms with Gasteiger partial charge >= 0.3 is 5.97 Å². The van der Waals surface area contributed by atoms with E-state index in [0.717, 1.165) is 16.9 Å². The Balaban J connectivity index is 2.33. The van der Waals surface area contributed by atoms with Crippen molar-refractivity contribution in [2.45, 2.75) is 32.6 Å². The number of hydrogen-bond acceptors (Lipinski definition) is 5. The van der Waals surface area contributed by atoms with Crippen LogP contribution in [0.15, 0.2) is 29.2 Å². The van der Waals surface area contributed by atoms with Crippen molar-refractivity contribution in [2.24, 2.45) is 0 Å². The Morgan fingerprint density at radius 2 is 1.87 bits per heavy atom. The summed E-state index contributed by atoms with van der Waals surface area (Å²) in [6.45, 7) is 7.34. The van der Waals surface area contributed by atoms with Gasteiger partial charge in [0.2, 0.25) is 0 Å². The van der Waals surface area contributed by atoms with Crippen molar-refractivity contribution in [2.75, 3.05) is 11.3 Å². The lowest BCUT2D eigenvalue weighted by atomic mass is 10.2. The summed E-state index contributed by atoms with van der Waals surface area (Å²) in [7, 11) is -3.70. The van der Waals surface area contributed by atoms with Crippen LogP contribution in [0.3, 0.4) is 0 Å². The highest BCUT2D eigenvalue weighted by atomic mass is 32.2. The van der Waals surface area contributed by atoms with Crippen molar-refractivity contribution >= 4 is 32.3 Å². The predicted octanol–water partition coefficient (Wildman–Crippen LogP) is 3.65. The van der Waals surface area contributed by atoms with E-state index in [1.807, 2.05) is 13.0 Å². The maximum absolute atomic E-state index is 12.6. The third-order valence-electron chi connectivity index (χ3n) is 3.25. The molecule has 0 fully saturated rings. The zero-order valence-corrected chi connectivity index (χ0v) is 15.1. The van der Waals surface area contributed by atoms with Gasteiger partial charge in [-0.1, -0.05) is 12.1 Å². The van der Waals surface area contributed by atoms with Crippen LogP contribution in [0.5, 0.6) is 0 Å². The van der Waals surface area contributed by atoms with Gasteiger partial charge in [-0.15, -0.1) is 11.3 Å². The first-order valence-electron chi connectivity index (χ1n) is 7.12. The number of hydrogen-bond donors (Lipinski definition) is 1. The molecular formula is C16H19NO4S2. The van der Waals surface area contributed by atoms with Gasteiger partial charge in [0.05, 0.1) is 11.5 Å². The van der Waals surface area contributed by atoms with E-state index in [2.05, 4.69) is 4.72 Å². The fraction of sp³-hybridized carbons (Fsp3) is 0.312. The van der Waals surface area contributed by atoms with E-state index in [0.29, 0.717) is 21.0 Å². The summed E-state index contributed by atoms with van der Waals surface area (Å²) in [5.41, 5.74) is 2.22. The lowest BCUT2D eigenvalue weighted by Gasteiger charge is -2.09. The molecular weight excluding hydrogens is 334 g/mol. The van der Waals surface area contributed by atoms with Crippen molar-refractivity contribution in [3.8, 4) is 0 Å². The molecule has 0 aliphatic carbocycles. The average molecular weight is 353 g/mol. The van der Waals surface area contributed by atoms with Crippen molar-refractivity contribution in [1.82, 2.24) is 0 Å². The summed E-state index contributed by atoms with van der Waals surface area (Å²) in [4.78, 5) is 12.5. The van der Waals surface area contributed by atoms with Crippen LogP contribution in [-0.4, -0.2) is 21.0 Å². The standard InChI is InChI=1S/C16H19NO4S2/c1-5-21-16(18)15-12(4)9-14(22-15)17-23(19,20)13-8-10(2)6-7-11(13)3/h6-9,17H,5H2,1-4H3. The highest BCUT2D eigenvalue weighted by Crippen LogP contribution is 2.30. The molecule has 2 rings (SSSR count). The number of rotatable bonds is 5. The number of esters is 1. The molecule has 1 N–H and O–H groups in total. The second kappa shape index (κ2) is 6.72. The Hall–Kier alpha value is -1.86. The molecule has 0 amide bonds. The van der Waals surface area contributed by atoms with Crippen molar-refractivity contribution in [3.63, 3.8) is 0 Å². The molecule has 0 atom stereocenters. The van der Waals surface area contributed by atoms with Gasteiger partial charge in [0, 0.05) is 0 Å². The molecule has 0 aliphatic heterocycles. The van der Waals surface area contributed by atoms with Gasteiger partial charge in [0.25, 0.3) is 10.0 Å². The van der Waals surface area contributed by atoms with E-state index in [9.17, 15) is 13.2 Å². The molecule has 0 radical (unpaired) electrons. The summed E-state index contributed by atoms with van der Waals surface area (Å²) >= 11 is 1.07. The van der Waals surface area contributed by atoms with Gasteiger partial charge in [-0.05, 0) is 56.5 Å². The van der Waals surface area contributed by atoms with Crippen LogP contribution >= 0.6 is 11.3 Å². The Bertz CT molecular complexity index is 838. The minimum atomic E-state index is -3.70. The predicted molar refractivity (Wildman–Crippen MR) is 91.7 cm³/mol. The number of sulfonamides is 1. The summed E-state index contributed by atoms with van der Waals surface area (Å²) in [6.07, 6.45) is 0. The molecule has 0 saturated carbocycles. The Labute approximate surface area is 140 Å². The molecule has 1 heterocycles. The van der Waals surface area contributed by atoms with E-state index < -0.39 is 16.0 Å². The molecule has 0 aliphatic rings. The Morgan fingerprint density at radius 1 is 1.17 bits per heavy atom. The van der Waals surface area contributed by atoms with E-state index >= 15 is 0 Å². The van der Waals surface area contributed by atoms with E-state index in [1.165, 1.54) is 0 Å². The number of thiophene rings is 1. The van der Waals surface area contributed by atoms with E-state index in [1.54, 1.807) is 39.0 Å². The van der Waals surface area contributed by atoms with Gasteiger partial charge in [-0.25, -0.2) is 13.2 Å². The molecule has 1 aromatic heterocycles. The third kappa shape index (κ3) is 3.92. The first-order chi connectivity index (χ1) is 10.7. The van der Waals surface area contributed by atoms with Crippen LogP contribution in [0, 0.1) is 20.8 Å². The molecule has 2 aromatic rings. The maximum atomic E-state index is 12.6. The number of carbonyl (C=O) groups excluding carboxylic acids is 1. The van der Waals surface area contributed by atoms with Crippen LogP contribution in [-0.2, 0) is 14.8 Å². The number of ether oxygens (including phenoxy) is 1. The zero-order valence-electron chi connectivity index (χ0n) is 13.5. The van der Waals surface area contributed by atoms with Crippen molar-refractivity contribution in [3.05, 3.63) is 45.8 Å². The summed E-state index contributed by atoms with van der Waals surface area (Å²) < 4.78 is 32.7. The number of carbonyl (C=O) groups is 1. The average Bonchev–Trinajstić information content (AvgIpc) is 2.81. The van der Waals surface area contributed by atoms with Crippen LogP contribution in [0.2, 0.25) is 0 Å². The number of benzene rings is 1. The lowest BCUT2D eigenvalue weighted by Crippen LogP contribution is -2.13. The number of aryl methyl sites for hydroxylation is 3. The van der Waals surface area contributed by atoms with Crippen molar-refractivity contribution in [1.29, 1.82) is 0 Å². The largest absolute Gasteiger partial charge is 0.462 e. The van der Waals surface area contributed by atoms with Crippen molar-refractivity contribution < 1.29 is 17.9 Å². The quantitative estimate of drug-likeness (QED) is 0.833. The third-order valence-corrected chi connectivity index (χ3v) is 6.02. The lowest BCUT2D eigenvalue weighted by molar-refractivity contribution is 0.0531. The Morgan fingerprint density at radius 3 is 2.52 bits per heavy atom. The van der Waals surface area contributed by atoms with Crippen LogP contribution in [0.4, 0.5) is 5.00 Å². The topological polar surface area (TPSA) is 72.5 Å². The minimum Gasteiger partial charge on any atom is -0.462 e. The molecule has 0 bridgehead atoms. The SMILES string of the molecule is CCOC(=O)c1sc(NS(=O)(=O)c2cc(C)ccc2C)cc1C. The van der Waals surface area contributed by atoms with Gasteiger partial charge in [0.15, 0.2) is 0 Å². The Kier molecular flexibility index (Phi) is 5.11. The van der Waals surface area contributed by atoms with Gasteiger partial charge < -0.3 is 4.74 Å². The highest BCUT2D eigenvalue weighted by Gasteiger charge is 2.21. The smallest absolute Gasteiger partial charge is 0.348 e. The molecule has 5 nitrogen and oxygen atoms in total. The molecule has 0 unspecified atom stereocenters. The van der Waals surface area contributed by atoms with Gasteiger partial charge in [0.1, 0.15) is 9.88 Å². The fourth-order valence-corrected chi connectivity index (χ4v) is 4.70. The van der Waals surface area contributed by atoms with Crippen LogP contribution in [0.1, 0.15) is 33.3 Å². The molecule has 0 saturated heterocycles. The fourth-order valence-electron chi connectivity index (χ4n) is 2.12.